The van der Waals surface area contributed by atoms with Crippen LogP contribution in [0.3, 0.4) is 0 Å². The first-order valence-corrected chi connectivity index (χ1v) is 4.62. The van der Waals surface area contributed by atoms with Crippen LogP contribution in [0.5, 0.6) is 0 Å². The Kier molecular flexibility index (Phi) is 3.79. The zero-order chi connectivity index (χ0) is 11.3. The van der Waals surface area contributed by atoms with Gasteiger partial charge in [-0.05, 0) is 30.7 Å². The highest BCUT2D eigenvalue weighted by Gasteiger charge is 1.97. The van der Waals surface area contributed by atoms with Gasteiger partial charge < -0.3 is 21.5 Å². The summed E-state index contributed by atoms with van der Waals surface area (Å²) in [5.41, 5.74) is 13.2. The summed E-state index contributed by atoms with van der Waals surface area (Å²) in [6, 6.07) is 5.62. The largest absolute Gasteiger partial charge is 0.448 e. The topological polar surface area (TPSA) is 90.4 Å². The van der Waals surface area contributed by atoms with Gasteiger partial charge in [0.25, 0.3) is 0 Å². The second kappa shape index (κ2) is 5.09. The Morgan fingerprint density at radius 2 is 2.27 bits per heavy atom. The van der Waals surface area contributed by atoms with Crippen LogP contribution in [-0.2, 0) is 4.74 Å². The molecule has 0 saturated carbocycles. The van der Waals surface area contributed by atoms with Crippen molar-refractivity contribution in [2.75, 3.05) is 24.2 Å². The zero-order valence-corrected chi connectivity index (χ0v) is 8.62. The molecule has 0 aromatic heterocycles. The number of hydrogen-bond acceptors (Lipinski definition) is 4. The average molecular weight is 209 g/mol. The number of carbonyl (C=O) groups excluding carboxylic acids is 1. The van der Waals surface area contributed by atoms with Gasteiger partial charge in [-0.15, -0.1) is 0 Å². The summed E-state index contributed by atoms with van der Waals surface area (Å²) in [7, 11) is 0. The number of nitrogens with two attached hydrogens (primary N) is 2. The Morgan fingerprint density at radius 3 is 2.87 bits per heavy atom. The molecule has 0 spiro atoms. The fourth-order valence-corrected chi connectivity index (χ4v) is 1.13. The maximum Gasteiger partial charge on any atom is 0.404 e. The SMILES string of the molecule is Cc1cc(NCCOC(N)=O)ccc1N. The molecule has 0 aliphatic heterocycles. The number of hydrogen-bond donors (Lipinski definition) is 3. The van der Waals surface area contributed by atoms with E-state index in [4.69, 9.17) is 11.5 Å². The molecule has 1 aromatic carbocycles. The summed E-state index contributed by atoms with van der Waals surface area (Å²) in [6.45, 7) is 2.70. The highest BCUT2D eigenvalue weighted by molar-refractivity contribution is 5.64. The van der Waals surface area contributed by atoms with Crippen LogP contribution >= 0.6 is 0 Å². The molecule has 0 aliphatic carbocycles. The number of aryl methyl sites for hydroxylation is 1. The Bertz CT molecular complexity index is 353. The van der Waals surface area contributed by atoms with Crippen LogP contribution in [0.1, 0.15) is 5.56 Å². The van der Waals surface area contributed by atoms with Crippen molar-refractivity contribution in [2.24, 2.45) is 5.73 Å². The van der Waals surface area contributed by atoms with Crippen LogP contribution in [-0.4, -0.2) is 19.2 Å². The van der Waals surface area contributed by atoms with E-state index in [-0.39, 0.29) is 6.61 Å². The predicted molar refractivity (Wildman–Crippen MR) is 59.6 cm³/mol. The molecule has 5 heteroatoms. The van der Waals surface area contributed by atoms with E-state index >= 15 is 0 Å². The summed E-state index contributed by atoms with van der Waals surface area (Å²) in [4.78, 5) is 10.3. The second-order valence-corrected chi connectivity index (χ2v) is 3.17. The molecule has 15 heavy (non-hydrogen) atoms. The van der Waals surface area contributed by atoms with Gasteiger partial charge in [0.2, 0.25) is 0 Å². The van der Waals surface area contributed by atoms with Gasteiger partial charge in [-0.2, -0.15) is 0 Å². The maximum atomic E-state index is 10.3. The number of primary amides is 1. The third-order valence-electron chi connectivity index (χ3n) is 1.95. The molecule has 1 amide bonds. The number of ether oxygens (including phenoxy) is 1. The number of nitrogen functional groups attached to an aromatic ring is 1. The summed E-state index contributed by atoms with van der Waals surface area (Å²) in [6.07, 6.45) is -0.759. The lowest BCUT2D eigenvalue weighted by Crippen LogP contribution is -2.18. The molecule has 1 rings (SSSR count). The minimum absolute atomic E-state index is 0.249. The van der Waals surface area contributed by atoms with Gasteiger partial charge in [0.15, 0.2) is 0 Å². The number of carbonyl (C=O) groups is 1. The van der Waals surface area contributed by atoms with E-state index in [2.05, 4.69) is 10.1 Å². The van der Waals surface area contributed by atoms with Crippen molar-refractivity contribution in [3.63, 3.8) is 0 Å². The van der Waals surface area contributed by atoms with Crippen molar-refractivity contribution >= 4 is 17.5 Å². The second-order valence-electron chi connectivity index (χ2n) is 3.17. The Morgan fingerprint density at radius 1 is 1.53 bits per heavy atom. The van der Waals surface area contributed by atoms with Crippen molar-refractivity contribution in [1.29, 1.82) is 0 Å². The fraction of sp³-hybridized carbons (Fsp3) is 0.300. The van der Waals surface area contributed by atoms with Gasteiger partial charge in [0.1, 0.15) is 6.61 Å². The van der Waals surface area contributed by atoms with E-state index in [1.165, 1.54) is 0 Å². The zero-order valence-electron chi connectivity index (χ0n) is 8.62. The van der Waals surface area contributed by atoms with Crippen LogP contribution in [0.15, 0.2) is 18.2 Å². The van der Waals surface area contributed by atoms with Crippen LogP contribution in [0.2, 0.25) is 0 Å². The van der Waals surface area contributed by atoms with Crippen molar-refractivity contribution in [3.8, 4) is 0 Å². The van der Waals surface area contributed by atoms with Gasteiger partial charge in [-0.1, -0.05) is 0 Å². The first-order chi connectivity index (χ1) is 7.09. The lowest BCUT2D eigenvalue weighted by Gasteiger charge is -2.08. The maximum absolute atomic E-state index is 10.3. The fourth-order valence-electron chi connectivity index (χ4n) is 1.13. The summed E-state index contributed by atoms with van der Waals surface area (Å²) in [5, 5.41) is 3.08. The molecule has 1 aromatic rings. The van der Waals surface area contributed by atoms with Gasteiger partial charge in [0, 0.05) is 17.9 Å². The Balaban J connectivity index is 2.38. The molecule has 0 fully saturated rings. The molecule has 0 radical (unpaired) electrons. The van der Waals surface area contributed by atoms with Crippen molar-refractivity contribution in [1.82, 2.24) is 0 Å². The smallest absolute Gasteiger partial charge is 0.404 e. The third kappa shape index (κ3) is 3.76. The van der Waals surface area contributed by atoms with Gasteiger partial charge in [-0.3, -0.25) is 0 Å². The highest BCUT2D eigenvalue weighted by atomic mass is 16.5. The first-order valence-electron chi connectivity index (χ1n) is 4.62. The van der Waals surface area contributed by atoms with Crippen LogP contribution in [0, 0.1) is 6.92 Å². The van der Waals surface area contributed by atoms with E-state index < -0.39 is 6.09 Å². The van der Waals surface area contributed by atoms with E-state index in [1.807, 2.05) is 25.1 Å². The van der Waals surface area contributed by atoms with Crippen LogP contribution in [0.4, 0.5) is 16.2 Å². The predicted octanol–water partition coefficient (Wildman–Crippen LogP) is 1.08. The monoisotopic (exact) mass is 209 g/mol. The van der Waals surface area contributed by atoms with Crippen molar-refractivity contribution < 1.29 is 9.53 Å². The van der Waals surface area contributed by atoms with Crippen molar-refractivity contribution in [3.05, 3.63) is 23.8 Å². The molecule has 0 unspecified atom stereocenters. The number of nitrogens with one attached hydrogen (secondary N) is 1. The standard InChI is InChI=1S/C10H15N3O2/c1-7-6-8(2-3-9(7)11)13-4-5-15-10(12)14/h2-3,6,13H,4-5,11H2,1H3,(H2,12,14). The third-order valence-corrected chi connectivity index (χ3v) is 1.95. The number of rotatable bonds is 4. The van der Waals surface area contributed by atoms with Crippen molar-refractivity contribution in [2.45, 2.75) is 6.92 Å². The Hall–Kier alpha value is -1.91. The minimum atomic E-state index is -0.759. The number of anilines is 2. The summed E-state index contributed by atoms with van der Waals surface area (Å²) < 4.78 is 4.57. The van der Waals surface area contributed by atoms with E-state index in [1.54, 1.807) is 0 Å². The van der Waals surface area contributed by atoms with E-state index in [9.17, 15) is 4.79 Å². The lowest BCUT2D eigenvalue weighted by atomic mass is 10.2. The van der Waals surface area contributed by atoms with Crippen LogP contribution in [0.25, 0.3) is 0 Å². The number of benzene rings is 1. The summed E-state index contributed by atoms with van der Waals surface area (Å²) in [5.74, 6) is 0. The van der Waals surface area contributed by atoms with E-state index in [0.717, 1.165) is 16.9 Å². The molecular formula is C10H15N3O2. The molecule has 0 saturated heterocycles. The minimum Gasteiger partial charge on any atom is -0.448 e. The number of amides is 1. The molecule has 0 atom stereocenters. The lowest BCUT2D eigenvalue weighted by molar-refractivity contribution is 0.161. The van der Waals surface area contributed by atoms with Gasteiger partial charge in [0.05, 0.1) is 0 Å². The molecular weight excluding hydrogens is 194 g/mol. The van der Waals surface area contributed by atoms with Gasteiger partial charge >= 0.3 is 6.09 Å². The van der Waals surface area contributed by atoms with Crippen LogP contribution < -0.4 is 16.8 Å². The molecule has 0 heterocycles. The van der Waals surface area contributed by atoms with Gasteiger partial charge in [-0.25, -0.2) is 4.79 Å². The molecule has 5 nitrogen and oxygen atoms in total. The molecule has 5 N–H and O–H groups in total. The summed E-state index contributed by atoms with van der Waals surface area (Å²) >= 11 is 0. The van der Waals surface area contributed by atoms with E-state index in [0.29, 0.717) is 6.54 Å². The Labute approximate surface area is 88.4 Å². The normalized spacial score (nSPS) is 9.67. The molecule has 82 valence electrons. The average Bonchev–Trinajstić information content (AvgIpc) is 2.18. The first kappa shape index (κ1) is 11.2. The highest BCUT2D eigenvalue weighted by Crippen LogP contribution is 2.15. The molecule has 0 bridgehead atoms. The quantitative estimate of drug-likeness (QED) is 0.511. The molecule has 0 aliphatic rings.